The lowest BCUT2D eigenvalue weighted by molar-refractivity contribution is 0.102. The Morgan fingerprint density at radius 3 is 2.59 bits per heavy atom. The Labute approximate surface area is 172 Å². The van der Waals surface area contributed by atoms with Crippen molar-refractivity contribution in [2.75, 3.05) is 11.9 Å². The molecule has 3 aromatic carbocycles. The predicted octanol–water partition coefficient (Wildman–Crippen LogP) is 6.28. The zero-order chi connectivity index (χ0) is 19.2. The second-order valence-electron chi connectivity index (χ2n) is 6.10. The summed E-state index contributed by atoms with van der Waals surface area (Å²) in [7, 11) is 0. The Morgan fingerprint density at radius 1 is 1.07 bits per heavy atom. The average Bonchev–Trinajstić information content (AvgIpc) is 2.67. The number of nitrogens with one attached hydrogen (secondary N) is 1. The number of anilines is 1. The Morgan fingerprint density at radius 2 is 1.85 bits per heavy atom. The number of ether oxygens (including phenoxy) is 1. The molecule has 0 fully saturated rings. The van der Waals surface area contributed by atoms with E-state index in [1.54, 1.807) is 24.3 Å². The van der Waals surface area contributed by atoms with Crippen molar-refractivity contribution in [1.29, 1.82) is 0 Å². The van der Waals surface area contributed by atoms with Gasteiger partial charge in [-0.1, -0.05) is 48.0 Å². The predicted molar refractivity (Wildman–Crippen MR) is 114 cm³/mol. The molecule has 3 rings (SSSR count). The SMILES string of the molecule is Cc1c(Cl)cccc1NC(=O)c1ccc(OCCc2ccccc2)c(Br)c1. The van der Waals surface area contributed by atoms with Gasteiger partial charge in [0.05, 0.1) is 11.1 Å². The van der Waals surface area contributed by atoms with Crippen LogP contribution in [0.25, 0.3) is 0 Å². The number of halogens is 2. The summed E-state index contributed by atoms with van der Waals surface area (Å²) in [6.45, 7) is 2.44. The molecule has 0 aliphatic rings. The summed E-state index contributed by atoms with van der Waals surface area (Å²) in [5.41, 5.74) is 3.30. The number of hydrogen-bond donors (Lipinski definition) is 1. The fourth-order valence-electron chi connectivity index (χ4n) is 2.62. The second-order valence-corrected chi connectivity index (χ2v) is 7.36. The Kier molecular flexibility index (Phi) is 6.54. The van der Waals surface area contributed by atoms with E-state index in [1.807, 2.05) is 37.3 Å². The Bertz CT molecular complexity index is 944. The number of carbonyl (C=O) groups excluding carboxylic acids is 1. The van der Waals surface area contributed by atoms with Crippen molar-refractivity contribution in [1.82, 2.24) is 0 Å². The first-order valence-electron chi connectivity index (χ1n) is 8.57. The van der Waals surface area contributed by atoms with Gasteiger partial charge in [0.15, 0.2) is 0 Å². The van der Waals surface area contributed by atoms with E-state index in [4.69, 9.17) is 16.3 Å². The first-order chi connectivity index (χ1) is 13.0. The number of rotatable bonds is 6. The van der Waals surface area contributed by atoms with Gasteiger partial charge in [-0.05, 0) is 64.3 Å². The van der Waals surface area contributed by atoms with E-state index < -0.39 is 0 Å². The van der Waals surface area contributed by atoms with Gasteiger partial charge in [-0.15, -0.1) is 0 Å². The third-order valence-corrected chi connectivity index (χ3v) is 5.23. The molecule has 0 aromatic heterocycles. The summed E-state index contributed by atoms with van der Waals surface area (Å²) >= 11 is 9.59. The Balaban J connectivity index is 1.63. The molecule has 0 heterocycles. The minimum atomic E-state index is -0.197. The van der Waals surface area contributed by atoms with Crippen molar-refractivity contribution in [3.05, 3.63) is 92.9 Å². The molecule has 0 unspecified atom stereocenters. The van der Waals surface area contributed by atoms with E-state index in [0.29, 0.717) is 28.6 Å². The van der Waals surface area contributed by atoms with Gasteiger partial charge >= 0.3 is 0 Å². The van der Waals surface area contributed by atoms with Gasteiger partial charge in [-0.3, -0.25) is 4.79 Å². The van der Waals surface area contributed by atoms with E-state index in [1.165, 1.54) is 5.56 Å². The minimum Gasteiger partial charge on any atom is -0.492 e. The maximum Gasteiger partial charge on any atom is 0.255 e. The van der Waals surface area contributed by atoms with Crippen molar-refractivity contribution in [2.24, 2.45) is 0 Å². The molecular formula is C22H19BrClNO2. The zero-order valence-electron chi connectivity index (χ0n) is 14.8. The van der Waals surface area contributed by atoms with Crippen LogP contribution in [-0.4, -0.2) is 12.5 Å². The lowest BCUT2D eigenvalue weighted by Gasteiger charge is -2.12. The van der Waals surface area contributed by atoms with Crippen LogP contribution in [0.2, 0.25) is 5.02 Å². The van der Waals surface area contributed by atoms with Crippen molar-refractivity contribution < 1.29 is 9.53 Å². The summed E-state index contributed by atoms with van der Waals surface area (Å²) in [5.74, 6) is 0.512. The summed E-state index contributed by atoms with van der Waals surface area (Å²) in [6, 6.07) is 20.9. The van der Waals surface area contributed by atoms with Gasteiger partial charge in [0.25, 0.3) is 5.91 Å². The summed E-state index contributed by atoms with van der Waals surface area (Å²) in [5, 5.41) is 3.52. The maximum absolute atomic E-state index is 12.5. The average molecular weight is 445 g/mol. The van der Waals surface area contributed by atoms with E-state index in [9.17, 15) is 4.79 Å². The van der Waals surface area contributed by atoms with Gasteiger partial charge in [-0.2, -0.15) is 0 Å². The molecule has 1 N–H and O–H groups in total. The first-order valence-corrected chi connectivity index (χ1v) is 9.74. The summed E-state index contributed by atoms with van der Waals surface area (Å²) < 4.78 is 6.57. The molecule has 0 aliphatic heterocycles. The lowest BCUT2D eigenvalue weighted by Crippen LogP contribution is -2.13. The molecule has 3 nitrogen and oxygen atoms in total. The molecule has 0 saturated heterocycles. The topological polar surface area (TPSA) is 38.3 Å². The largest absolute Gasteiger partial charge is 0.492 e. The van der Waals surface area contributed by atoms with Crippen LogP contribution in [0.5, 0.6) is 5.75 Å². The third-order valence-electron chi connectivity index (χ3n) is 4.20. The molecular weight excluding hydrogens is 426 g/mol. The monoisotopic (exact) mass is 443 g/mol. The van der Waals surface area contributed by atoms with Gasteiger partial charge in [0, 0.05) is 22.7 Å². The van der Waals surface area contributed by atoms with Gasteiger partial charge in [-0.25, -0.2) is 0 Å². The fraction of sp³-hybridized carbons (Fsp3) is 0.136. The van der Waals surface area contributed by atoms with Gasteiger partial charge in [0.1, 0.15) is 5.75 Å². The molecule has 0 aliphatic carbocycles. The molecule has 0 bridgehead atoms. The van der Waals surface area contributed by atoms with Gasteiger partial charge in [0.2, 0.25) is 0 Å². The highest BCUT2D eigenvalue weighted by Crippen LogP contribution is 2.28. The standard InChI is InChI=1S/C22H19BrClNO2/c1-15-19(24)8-5-9-20(15)25-22(26)17-10-11-21(18(23)14-17)27-13-12-16-6-3-2-4-7-16/h2-11,14H,12-13H2,1H3,(H,25,26). The molecule has 27 heavy (non-hydrogen) atoms. The normalized spacial score (nSPS) is 10.5. The molecule has 0 atom stereocenters. The number of hydrogen-bond acceptors (Lipinski definition) is 2. The van der Waals surface area contributed by atoms with Crippen LogP contribution < -0.4 is 10.1 Å². The highest BCUT2D eigenvalue weighted by molar-refractivity contribution is 9.10. The fourth-order valence-corrected chi connectivity index (χ4v) is 3.29. The van der Waals surface area contributed by atoms with Crippen molar-refractivity contribution >= 4 is 39.1 Å². The highest BCUT2D eigenvalue weighted by Gasteiger charge is 2.11. The van der Waals surface area contributed by atoms with E-state index in [0.717, 1.165) is 16.5 Å². The number of amides is 1. The summed E-state index contributed by atoms with van der Waals surface area (Å²) in [6.07, 6.45) is 0.823. The van der Waals surface area contributed by atoms with Crippen LogP contribution >= 0.6 is 27.5 Å². The van der Waals surface area contributed by atoms with Crippen LogP contribution in [0, 0.1) is 6.92 Å². The van der Waals surface area contributed by atoms with Crippen molar-refractivity contribution in [2.45, 2.75) is 13.3 Å². The maximum atomic E-state index is 12.5. The number of carbonyl (C=O) groups is 1. The van der Waals surface area contributed by atoms with Gasteiger partial charge < -0.3 is 10.1 Å². The molecule has 138 valence electrons. The third kappa shape index (κ3) is 5.12. The van der Waals surface area contributed by atoms with E-state index >= 15 is 0 Å². The zero-order valence-corrected chi connectivity index (χ0v) is 17.2. The smallest absolute Gasteiger partial charge is 0.255 e. The van der Waals surface area contributed by atoms with Crippen LogP contribution in [-0.2, 0) is 6.42 Å². The van der Waals surface area contributed by atoms with Crippen molar-refractivity contribution in [3.8, 4) is 5.75 Å². The lowest BCUT2D eigenvalue weighted by atomic mass is 10.1. The molecule has 3 aromatic rings. The van der Waals surface area contributed by atoms with Crippen LogP contribution in [0.1, 0.15) is 21.5 Å². The molecule has 5 heteroatoms. The molecule has 0 saturated carbocycles. The number of benzene rings is 3. The van der Waals surface area contributed by atoms with Crippen LogP contribution in [0.15, 0.2) is 71.2 Å². The highest BCUT2D eigenvalue weighted by atomic mass is 79.9. The molecule has 0 spiro atoms. The minimum absolute atomic E-state index is 0.197. The molecule has 1 amide bonds. The van der Waals surface area contributed by atoms with E-state index in [2.05, 4.69) is 33.4 Å². The second kappa shape index (κ2) is 9.07. The summed E-state index contributed by atoms with van der Waals surface area (Å²) in [4.78, 5) is 12.5. The molecule has 0 radical (unpaired) electrons. The van der Waals surface area contributed by atoms with Crippen LogP contribution in [0.4, 0.5) is 5.69 Å². The van der Waals surface area contributed by atoms with Crippen LogP contribution in [0.3, 0.4) is 0 Å². The van der Waals surface area contributed by atoms with E-state index in [-0.39, 0.29) is 5.91 Å². The Hall–Kier alpha value is -2.30. The van der Waals surface area contributed by atoms with Crippen molar-refractivity contribution in [3.63, 3.8) is 0 Å². The quantitative estimate of drug-likeness (QED) is 0.485. The first kappa shape index (κ1) is 19.5.